The zero-order valence-corrected chi connectivity index (χ0v) is 27.6. The highest BCUT2D eigenvalue weighted by atomic mass is 19.1. The lowest BCUT2D eigenvalue weighted by Gasteiger charge is -2.42. The molecule has 0 radical (unpaired) electrons. The van der Waals surface area contributed by atoms with Crippen molar-refractivity contribution in [3.8, 4) is 0 Å². The fourth-order valence-corrected chi connectivity index (χ4v) is 8.14. The smallest absolute Gasteiger partial charge is 0.146 e. The summed E-state index contributed by atoms with van der Waals surface area (Å²) in [5, 5.41) is 0. The molecule has 6 rings (SSSR count). The molecule has 0 N–H and O–H groups in total. The lowest BCUT2D eigenvalue weighted by molar-refractivity contribution is 0.128. The Morgan fingerprint density at radius 1 is 0.605 bits per heavy atom. The van der Waals surface area contributed by atoms with Gasteiger partial charge in [-0.05, 0) is 87.6 Å². The molecular formula is C38H59FN4. The van der Waals surface area contributed by atoms with Crippen LogP contribution < -0.4 is 9.80 Å². The maximum Gasteiger partial charge on any atom is 0.146 e. The van der Waals surface area contributed by atoms with Crippen LogP contribution in [-0.4, -0.2) is 74.2 Å². The number of para-hydroxylation sites is 1. The molecule has 5 heteroatoms. The van der Waals surface area contributed by atoms with Gasteiger partial charge in [-0.15, -0.1) is 0 Å². The van der Waals surface area contributed by atoms with Crippen LogP contribution >= 0.6 is 0 Å². The SMILES string of the molecule is CCC1CCC(N2CCN(c3ccccc3F)CC2)CC1.Cc1ccc(C)c(N2CCN(C3CCCCCCC3)CC2)c1. The zero-order valence-electron chi connectivity index (χ0n) is 27.6. The highest BCUT2D eigenvalue weighted by Crippen LogP contribution is 2.31. The van der Waals surface area contributed by atoms with E-state index in [-0.39, 0.29) is 5.82 Å². The van der Waals surface area contributed by atoms with Gasteiger partial charge in [0.2, 0.25) is 0 Å². The molecule has 2 heterocycles. The first-order valence-electron chi connectivity index (χ1n) is 17.8. The third-order valence-electron chi connectivity index (χ3n) is 11.0. The Hall–Kier alpha value is -2.11. The number of aryl methyl sites for hydroxylation is 2. The van der Waals surface area contributed by atoms with Gasteiger partial charge in [-0.2, -0.15) is 0 Å². The number of anilines is 2. The van der Waals surface area contributed by atoms with Crippen molar-refractivity contribution in [2.45, 2.75) is 110 Å². The highest BCUT2D eigenvalue weighted by Gasteiger charge is 2.28. The summed E-state index contributed by atoms with van der Waals surface area (Å²) in [6, 6.07) is 15.6. The van der Waals surface area contributed by atoms with E-state index in [2.05, 4.69) is 58.6 Å². The summed E-state index contributed by atoms with van der Waals surface area (Å²) in [4.78, 5) is 10.2. The van der Waals surface area contributed by atoms with Gasteiger partial charge < -0.3 is 9.80 Å². The molecule has 0 spiro atoms. The maximum atomic E-state index is 13.9. The van der Waals surface area contributed by atoms with E-state index in [1.165, 1.54) is 120 Å². The van der Waals surface area contributed by atoms with Gasteiger partial charge in [0.05, 0.1) is 5.69 Å². The van der Waals surface area contributed by atoms with Crippen molar-refractivity contribution in [3.63, 3.8) is 0 Å². The van der Waals surface area contributed by atoms with Crippen molar-refractivity contribution < 1.29 is 4.39 Å². The van der Waals surface area contributed by atoms with Crippen molar-refractivity contribution in [3.05, 3.63) is 59.4 Å². The van der Waals surface area contributed by atoms with Gasteiger partial charge in [-0.25, -0.2) is 4.39 Å². The Balaban J connectivity index is 0.000000171. The number of rotatable bonds is 5. The van der Waals surface area contributed by atoms with E-state index in [4.69, 9.17) is 0 Å². The average Bonchev–Trinajstić information content (AvgIpc) is 3.03. The van der Waals surface area contributed by atoms with Gasteiger partial charge in [0, 0.05) is 70.1 Å². The summed E-state index contributed by atoms with van der Waals surface area (Å²) < 4.78 is 13.9. The van der Waals surface area contributed by atoms with Crippen molar-refractivity contribution in [1.29, 1.82) is 0 Å². The van der Waals surface area contributed by atoms with E-state index in [1.54, 1.807) is 12.1 Å². The van der Waals surface area contributed by atoms with E-state index >= 15 is 0 Å². The molecule has 43 heavy (non-hydrogen) atoms. The van der Waals surface area contributed by atoms with Gasteiger partial charge in [0.25, 0.3) is 0 Å². The third kappa shape index (κ3) is 8.97. The summed E-state index contributed by atoms with van der Waals surface area (Å²) in [6.45, 7) is 15.7. The van der Waals surface area contributed by atoms with Gasteiger partial charge in [0.1, 0.15) is 5.82 Å². The van der Waals surface area contributed by atoms with Crippen LogP contribution in [0, 0.1) is 25.6 Å². The first-order valence-corrected chi connectivity index (χ1v) is 17.8. The van der Waals surface area contributed by atoms with Crippen LogP contribution in [0.25, 0.3) is 0 Å². The molecule has 2 aliphatic heterocycles. The van der Waals surface area contributed by atoms with E-state index in [1.807, 2.05) is 12.1 Å². The fraction of sp³-hybridized carbons (Fsp3) is 0.684. The van der Waals surface area contributed by atoms with Crippen LogP contribution in [-0.2, 0) is 0 Å². The largest absolute Gasteiger partial charge is 0.369 e. The van der Waals surface area contributed by atoms with Gasteiger partial charge in [0.15, 0.2) is 0 Å². The Morgan fingerprint density at radius 3 is 1.72 bits per heavy atom. The number of hydrogen-bond acceptors (Lipinski definition) is 4. The number of piperazine rings is 2. The molecule has 0 atom stereocenters. The van der Waals surface area contributed by atoms with Crippen molar-refractivity contribution in [2.75, 3.05) is 62.2 Å². The second-order valence-electron chi connectivity index (χ2n) is 13.9. The molecule has 4 nitrogen and oxygen atoms in total. The number of halogens is 1. The second kappa shape index (κ2) is 16.3. The summed E-state index contributed by atoms with van der Waals surface area (Å²) in [5.41, 5.74) is 5.03. The van der Waals surface area contributed by atoms with Gasteiger partial charge >= 0.3 is 0 Å². The minimum absolute atomic E-state index is 0.0885. The van der Waals surface area contributed by atoms with Crippen molar-refractivity contribution in [2.24, 2.45) is 5.92 Å². The van der Waals surface area contributed by atoms with Crippen LogP contribution in [0.2, 0.25) is 0 Å². The monoisotopic (exact) mass is 590 g/mol. The molecule has 0 amide bonds. The first-order chi connectivity index (χ1) is 21.0. The fourth-order valence-electron chi connectivity index (χ4n) is 8.14. The van der Waals surface area contributed by atoms with Crippen molar-refractivity contribution >= 4 is 11.4 Å². The van der Waals surface area contributed by atoms with E-state index in [0.717, 1.165) is 49.9 Å². The molecule has 0 aromatic heterocycles. The topological polar surface area (TPSA) is 13.0 Å². The normalized spacial score (nSPS) is 25.0. The minimum atomic E-state index is -0.0885. The van der Waals surface area contributed by atoms with Crippen LogP contribution in [0.5, 0.6) is 0 Å². The number of nitrogens with zero attached hydrogens (tertiary/aromatic N) is 4. The first kappa shape index (κ1) is 32.3. The molecular weight excluding hydrogens is 531 g/mol. The van der Waals surface area contributed by atoms with E-state index < -0.39 is 0 Å². The Bertz CT molecular complexity index is 1090. The minimum Gasteiger partial charge on any atom is -0.369 e. The Morgan fingerprint density at radius 2 is 1.14 bits per heavy atom. The van der Waals surface area contributed by atoms with Gasteiger partial charge in [-0.1, -0.05) is 69.7 Å². The summed E-state index contributed by atoms with van der Waals surface area (Å²) in [5.74, 6) is 0.871. The summed E-state index contributed by atoms with van der Waals surface area (Å²) >= 11 is 0. The summed E-state index contributed by atoms with van der Waals surface area (Å²) in [6.07, 6.45) is 17.0. The van der Waals surface area contributed by atoms with Crippen LogP contribution in [0.1, 0.15) is 95.1 Å². The van der Waals surface area contributed by atoms with Crippen LogP contribution in [0.15, 0.2) is 42.5 Å². The van der Waals surface area contributed by atoms with Crippen LogP contribution in [0.3, 0.4) is 0 Å². The number of hydrogen-bond donors (Lipinski definition) is 0. The maximum absolute atomic E-state index is 13.9. The standard InChI is InChI=1S/C20H32N2.C18H27FN2/c1-17-10-11-18(2)20(16-17)22-14-12-21(13-15-22)19-8-6-4-3-5-7-9-19;1-2-15-7-9-16(10-8-15)20-11-13-21(14-12-20)18-6-4-3-5-17(18)19/h10-11,16,19H,3-9,12-15H2,1-2H3;3-6,15-16H,2,7-14H2,1H3. The van der Waals surface area contributed by atoms with Crippen LogP contribution in [0.4, 0.5) is 15.8 Å². The lowest BCUT2D eigenvalue weighted by atomic mass is 9.84. The van der Waals surface area contributed by atoms with E-state index in [0.29, 0.717) is 0 Å². The molecule has 2 aliphatic carbocycles. The third-order valence-corrected chi connectivity index (χ3v) is 11.0. The molecule has 4 fully saturated rings. The van der Waals surface area contributed by atoms with Crippen molar-refractivity contribution in [1.82, 2.24) is 9.80 Å². The predicted octanol–water partition coefficient (Wildman–Crippen LogP) is 8.45. The second-order valence-corrected chi connectivity index (χ2v) is 13.9. The Labute approximate surface area is 262 Å². The molecule has 2 saturated carbocycles. The molecule has 2 saturated heterocycles. The Kier molecular flexibility index (Phi) is 12.2. The van der Waals surface area contributed by atoms with Gasteiger partial charge in [-0.3, -0.25) is 9.80 Å². The summed E-state index contributed by atoms with van der Waals surface area (Å²) in [7, 11) is 0. The lowest BCUT2D eigenvalue weighted by Crippen LogP contribution is -2.51. The molecule has 238 valence electrons. The molecule has 2 aromatic rings. The number of benzene rings is 2. The quantitative estimate of drug-likeness (QED) is 0.346. The molecule has 4 aliphatic rings. The molecule has 2 aromatic carbocycles. The molecule has 0 bridgehead atoms. The zero-order chi connectivity index (χ0) is 30.0. The predicted molar refractivity (Wildman–Crippen MR) is 182 cm³/mol. The van der Waals surface area contributed by atoms with E-state index in [9.17, 15) is 4.39 Å². The molecule has 0 unspecified atom stereocenters. The highest BCUT2D eigenvalue weighted by molar-refractivity contribution is 5.55. The average molecular weight is 591 g/mol.